The largest absolute Gasteiger partial charge is 1.00 e. The summed E-state index contributed by atoms with van der Waals surface area (Å²) in [6.45, 7) is 2.93. The predicted molar refractivity (Wildman–Crippen MR) is 26.7 cm³/mol. The molecule has 3 nitrogen and oxygen atoms in total. The van der Waals surface area contributed by atoms with Gasteiger partial charge in [0.15, 0.2) is 5.97 Å². The Morgan fingerprint density at radius 3 is 1.90 bits per heavy atom. The number of Topliss-reactive ketones (excluding diaryl/α,β-unsaturated/α-hetero) is 1. The summed E-state index contributed by atoms with van der Waals surface area (Å²) in [6, 6.07) is 0. The Morgan fingerprint density at radius 2 is 1.80 bits per heavy atom. The van der Waals surface area contributed by atoms with E-state index in [1.807, 2.05) is 0 Å². The van der Waals surface area contributed by atoms with Crippen LogP contribution in [0, 0.1) is 13.3 Å². The molecule has 0 heterocycles. The van der Waals surface area contributed by atoms with Crippen molar-refractivity contribution in [2.24, 2.45) is 0 Å². The number of esters is 1. The van der Waals surface area contributed by atoms with E-state index in [9.17, 15) is 9.59 Å². The molecule has 0 aromatic rings. The summed E-state index contributed by atoms with van der Waals surface area (Å²) in [5.41, 5.74) is 0. The normalized spacial score (nSPS) is 6.10. The number of carbonyl (C=O) groups excluding carboxylic acids is 2. The van der Waals surface area contributed by atoms with Crippen LogP contribution in [0.25, 0.3) is 0 Å². The maximum atomic E-state index is 10.1. The van der Waals surface area contributed by atoms with Crippen molar-refractivity contribution in [2.45, 2.75) is 0 Å². The number of ether oxygens (including phenoxy) is 1. The van der Waals surface area contributed by atoms with Crippen LogP contribution in [0.4, 0.5) is 0 Å². The van der Waals surface area contributed by atoms with E-state index in [2.05, 4.69) is 11.7 Å². The molecular weight excluding hydrogens is 122 g/mol. The van der Waals surface area contributed by atoms with E-state index in [-0.39, 0.29) is 37.7 Å². The van der Waals surface area contributed by atoms with Gasteiger partial charge >= 0.3 is 37.7 Å². The van der Waals surface area contributed by atoms with Crippen molar-refractivity contribution in [3.8, 4) is 0 Å². The SMILES string of the molecule is [CH2-]C(=O)[CH-]C(=O)OC.[Li+].[Li+]. The number of hydrogen-bond acceptors (Lipinski definition) is 3. The first-order chi connectivity index (χ1) is 3.66. The third-order valence-corrected chi connectivity index (χ3v) is 0.480. The van der Waals surface area contributed by atoms with Gasteiger partial charge in [0.05, 0.1) is 7.11 Å². The molecule has 0 bridgehead atoms. The Balaban J connectivity index is -0.000000245. The minimum absolute atomic E-state index is 0. The first-order valence-corrected chi connectivity index (χ1v) is 1.95. The zero-order valence-corrected chi connectivity index (χ0v) is 6.51. The summed E-state index contributed by atoms with van der Waals surface area (Å²) in [7, 11) is 1.20. The fourth-order valence-electron chi connectivity index (χ4n) is 0.190. The molecule has 0 rings (SSSR count). The number of carbonyl (C=O) groups is 2. The molecule has 0 spiro atoms. The molecule has 0 atom stereocenters. The third kappa shape index (κ3) is 11.0. The molecule has 5 heteroatoms. The van der Waals surface area contributed by atoms with Gasteiger partial charge in [0.25, 0.3) is 0 Å². The molecule has 0 aliphatic heterocycles. The van der Waals surface area contributed by atoms with Gasteiger partial charge in [-0.15, -0.1) is 5.78 Å². The standard InChI is InChI=1S/C5H6O3.2Li/c1-4(6)3-5(7)8-2;;/h3H,1H2,2H3;;/q-2;2*+1. The Hall–Kier alpha value is 0.0748. The van der Waals surface area contributed by atoms with E-state index in [4.69, 9.17) is 0 Å². The fourth-order valence-corrected chi connectivity index (χ4v) is 0.190. The number of methoxy groups -OCH3 is 1. The Morgan fingerprint density at radius 1 is 1.40 bits per heavy atom. The van der Waals surface area contributed by atoms with E-state index < -0.39 is 11.8 Å². The van der Waals surface area contributed by atoms with Crippen molar-refractivity contribution >= 4 is 11.8 Å². The second-order valence-electron chi connectivity index (χ2n) is 1.13. The predicted octanol–water partition coefficient (Wildman–Crippen LogP) is -6.23. The van der Waals surface area contributed by atoms with Crippen molar-refractivity contribution in [1.29, 1.82) is 0 Å². The average Bonchev–Trinajstić information content (AvgIpc) is 1.65. The van der Waals surface area contributed by atoms with Crippen molar-refractivity contribution in [3.05, 3.63) is 13.3 Å². The second kappa shape index (κ2) is 9.07. The molecular formula is C5H6Li2O3. The van der Waals surface area contributed by atoms with Gasteiger partial charge in [0.2, 0.25) is 0 Å². The zero-order chi connectivity index (χ0) is 6.57. The van der Waals surface area contributed by atoms with Crippen LogP contribution >= 0.6 is 0 Å². The molecule has 0 fully saturated rings. The van der Waals surface area contributed by atoms with Gasteiger partial charge in [0.1, 0.15) is 0 Å². The monoisotopic (exact) mass is 128 g/mol. The molecule has 10 heavy (non-hydrogen) atoms. The van der Waals surface area contributed by atoms with Crippen LogP contribution in [0.1, 0.15) is 0 Å². The quantitative estimate of drug-likeness (QED) is 0.161. The summed E-state index contributed by atoms with van der Waals surface area (Å²) in [5.74, 6) is -1.21. The maximum absolute atomic E-state index is 10.1. The van der Waals surface area contributed by atoms with Gasteiger partial charge in [-0.05, 0) is 0 Å². The number of hydrogen-bond donors (Lipinski definition) is 0. The summed E-state index contributed by atoms with van der Waals surface area (Å²) in [5, 5.41) is 0. The van der Waals surface area contributed by atoms with E-state index in [0.717, 1.165) is 6.42 Å². The summed E-state index contributed by atoms with van der Waals surface area (Å²) in [6.07, 6.45) is 0.778. The van der Waals surface area contributed by atoms with Crippen molar-refractivity contribution in [2.75, 3.05) is 7.11 Å². The molecule has 0 amide bonds. The van der Waals surface area contributed by atoms with Gasteiger partial charge in [-0.3, -0.25) is 11.2 Å². The van der Waals surface area contributed by atoms with Crippen LogP contribution in [0.5, 0.6) is 0 Å². The maximum Gasteiger partial charge on any atom is 1.00 e. The topological polar surface area (TPSA) is 43.4 Å². The molecule has 0 aromatic heterocycles. The minimum Gasteiger partial charge on any atom is -0.491 e. The van der Waals surface area contributed by atoms with Crippen LogP contribution in [0.2, 0.25) is 0 Å². The van der Waals surface area contributed by atoms with Crippen molar-refractivity contribution < 1.29 is 52.0 Å². The van der Waals surface area contributed by atoms with Crippen LogP contribution in [-0.2, 0) is 14.3 Å². The van der Waals surface area contributed by atoms with E-state index in [1.54, 1.807) is 0 Å². The molecule has 0 aliphatic rings. The van der Waals surface area contributed by atoms with Gasteiger partial charge in [-0.1, -0.05) is 0 Å². The first-order valence-electron chi connectivity index (χ1n) is 1.95. The van der Waals surface area contributed by atoms with Gasteiger partial charge < -0.3 is 16.5 Å². The van der Waals surface area contributed by atoms with E-state index >= 15 is 0 Å². The summed E-state index contributed by atoms with van der Waals surface area (Å²) in [4.78, 5) is 20.0. The second-order valence-corrected chi connectivity index (χ2v) is 1.13. The fraction of sp³-hybridized carbons (Fsp3) is 0.200. The minimum atomic E-state index is -0.662. The molecule has 0 radical (unpaired) electrons. The Kier molecular flexibility index (Phi) is 15.0. The van der Waals surface area contributed by atoms with Crippen LogP contribution in [0.15, 0.2) is 0 Å². The van der Waals surface area contributed by atoms with Gasteiger partial charge in [-0.2, -0.15) is 0 Å². The average molecular weight is 128 g/mol. The molecule has 46 valence electrons. The molecule has 0 N–H and O–H groups in total. The number of rotatable bonds is 2. The van der Waals surface area contributed by atoms with Crippen molar-refractivity contribution in [3.63, 3.8) is 0 Å². The molecule has 0 saturated carbocycles. The third-order valence-electron chi connectivity index (χ3n) is 0.480. The number of ketones is 1. The molecule has 0 aliphatic carbocycles. The summed E-state index contributed by atoms with van der Waals surface area (Å²) < 4.78 is 4.11. The van der Waals surface area contributed by atoms with Crippen LogP contribution in [0.3, 0.4) is 0 Å². The van der Waals surface area contributed by atoms with E-state index in [0.29, 0.717) is 0 Å². The first kappa shape index (κ1) is 16.6. The van der Waals surface area contributed by atoms with Crippen LogP contribution in [-0.4, -0.2) is 18.9 Å². The van der Waals surface area contributed by atoms with Crippen molar-refractivity contribution in [1.82, 2.24) is 0 Å². The van der Waals surface area contributed by atoms with Crippen LogP contribution < -0.4 is 37.7 Å². The Bertz CT molecular complexity index is 113. The zero-order valence-electron chi connectivity index (χ0n) is 6.51. The summed E-state index contributed by atoms with van der Waals surface area (Å²) >= 11 is 0. The smallest absolute Gasteiger partial charge is 0.491 e. The Labute approximate surface area is 84.2 Å². The molecule has 0 saturated heterocycles. The van der Waals surface area contributed by atoms with Gasteiger partial charge in [-0.25, -0.2) is 0 Å². The van der Waals surface area contributed by atoms with Gasteiger partial charge in [0, 0.05) is 0 Å². The van der Waals surface area contributed by atoms with E-state index in [1.165, 1.54) is 7.11 Å². The molecule has 0 aromatic carbocycles. The molecule has 0 unspecified atom stereocenters.